The number of nitrogens with zero attached hydrogens (tertiary/aromatic N) is 2. The maximum Gasteiger partial charge on any atom is 0.284 e. The van der Waals surface area contributed by atoms with Crippen LogP contribution in [0.1, 0.15) is 5.56 Å². The molecular weight excluding hydrogens is 437 g/mol. The van der Waals surface area contributed by atoms with Crippen LogP contribution in [0.2, 0.25) is 10.0 Å². The van der Waals surface area contributed by atoms with Gasteiger partial charge < -0.3 is 4.74 Å². The van der Waals surface area contributed by atoms with Gasteiger partial charge in [0.2, 0.25) is 0 Å². The number of amides is 1. The highest BCUT2D eigenvalue weighted by Gasteiger charge is 2.11. The third-order valence-corrected chi connectivity index (χ3v) is 4.04. The Morgan fingerprint density at radius 1 is 1.32 bits per heavy atom. The van der Waals surface area contributed by atoms with E-state index in [1.54, 1.807) is 18.2 Å². The van der Waals surface area contributed by atoms with Crippen LogP contribution >= 0.6 is 39.1 Å². The van der Waals surface area contributed by atoms with Crippen molar-refractivity contribution >= 4 is 56.9 Å². The lowest BCUT2D eigenvalue weighted by Crippen LogP contribution is -2.24. The summed E-state index contributed by atoms with van der Waals surface area (Å²) in [6.45, 7) is -0.322. The number of carbonyl (C=O) groups is 1. The molecule has 7 nitrogen and oxygen atoms in total. The lowest BCUT2D eigenvalue weighted by Gasteiger charge is -2.07. The van der Waals surface area contributed by atoms with Gasteiger partial charge in [0.05, 0.1) is 20.6 Å². The summed E-state index contributed by atoms with van der Waals surface area (Å²) in [6, 6.07) is 9.08. The molecule has 0 atom stereocenters. The van der Waals surface area contributed by atoms with Crippen molar-refractivity contribution in [2.45, 2.75) is 0 Å². The molecule has 0 unspecified atom stereocenters. The monoisotopic (exact) mass is 445 g/mol. The van der Waals surface area contributed by atoms with E-state index in [2.05, 4.69) is 26.5 Å². The van der Waals surface area contributed by atoms with Gasteiger partial charge in [-0.3, -0.25) is 14.9 Å². The normalized spacial score (nSPS) is 10.7. The van der Waals surface area contributed by atoms with E-state index >= 15 is 0 Å². The van der Waals surface area contributed by atoms with Gasteiger partial charge in [0.15, 0.2) is 6.61 Å². The van der Waals surface area contributed by atoms with E-state index < -0.39 is 10.8 Å². The molecule has 0 bridgehead atoms. The maximum absolute atomic E-state index is 11.7. The zero-order valence-corrected chi connectivity index (χ0v) is 15.5. The minimum atomic E-state index is -0.529. The largest absolute Gasteiger partial charge is 0.482 e. The smallest absolute Gasteiger partial charge is 0.284 e. The first kappa shape index (κ1) is 19.2. The third-order valence-electron chi connectivity index (χ3n) is 2.82. The second kappa shape index (κ2) is 8.80. The van der Waals surface area contributed by atoms with Crippen molar-refractivity contribution in [3.05, 3.63) is 66.6 Å². The molecule has 0 fully saturated rings. The topological polar surface area (TPSA) is 93.8 Å². The third kappa shape index (κ3) is 5.70. The number of hydrogen-bond acceptors (Lipinski definition) is 5. The van der Waals surface area contributed by atoms with Crippen LogP contribution in [0.4, 0.5) is 5.69 Å². The fourth-order valence-corrected chi connectivity index (χ4v) is 2.42. The van der Waals surface area contributed by atoms with Gasteiger partial charge in [-0.15, -0.1) is 0 Å². The lowest BCUT2D eigenvalue weighted by atomic mass is 10.2. The zero-order chi connectivity index (χ0) is 18.4. The molecule has 0 saturated carbocycles. The van der Waals surface area contributed by atoms with Crippen LogP contribution in [0.25, 0.3) is 0 Å². The van der Waals surface area contributed by atoms with E-state index in [-0.39, 0.29) is 18.0 Å². The molecule has 1 N–H and O–H groups in total. The summed E-state index contributed by atoms with van der Waals surface area (Å²) >= 11 is 14.8. The van der Waals surface area contributed by atoms with E-state index in [0.29, 0.717) is 20.1 Å². The van der Waals surface area contributed by atoms with Crippen LogP contribution in [0.15, 0.2) is 46.0 Å². The first-order valence-corrected chi connectivity index (χ1v) is 8.25. The molecule has 0 aliphatic rings. The van der Waals surface area contributed by atoms with Crippen molar-refractivity contribution in [2.24, 2.45) is 5.10 Å². The molecule has 0 aromatic heterocycles. The molecule has 0 aliphatic heterocycles. The van der Waals surface area contributed by atoms with Gasteiger partial charge in [-0.1, -0.05) is 29.3 Å². The number of ether oxygens (including phenoxy) is 1. The number of carbonyl (C=O) groups excluding carboxylic acids is 1. The average molecular weight is 447 g/mol. The summed E-state index contributed by atoms with van der Waals surface area (Å²) in [7, 11) is 0. The molecule has 130 valence electrons. The van der Waals surface area contributed by atoms with Gasteiger partial charge in [-0.2, -0.15) is 5.10 Å². The second-order valence-corrected chi connectivity index (χ2v) is 6.32. The maximum atomic E-state index is 11.7. The van der Waals surface area contributed by atoms with Gasteiger partial charge in [0, 0.05) is 22.7 Å². The molecule has 25 heavy (non-hydrogen) atoms. The van der Waals surface area contributed by atoms with Crippen molar-refractivity contribution in [2.75, 3.05) is 6.61 Å². The van der Waals surface area contributed by atoms with Crippen molar-refractivity contribution < 1.29 is 14.5 Å². The summed E-state index contributed by atoms with van der Waals surface area (Å²) in [6.07, 6.45) is 1.28. The Balaban J connectivity index is 1.91. The number of halogens is 3. The van der Waals surface area contributed by atoms with Gasteiger partial charge in [0.25, 0.3) is 11.6 Å². The van der Waals surface area contributed by atoms with E-state index in [0.717, 1.165) is 0 Å². The first-order chi connectivity index (χ1) is 11.9. The second-order valence-electron chi connectivity index (χ2n) is 4.62. The van der Waals surface area contributed by atoms with E-state index in [1.165, 1.54) is 24.4 Å². The summed E-state index contributed by atoms with van der Waals surface area (Å²) in [5.41, 5.74) is 2.60. The van der Waals surface area contributed by atoms with Crippen LogP contribution in [0.3, 0.4) is 0 Å². The van der Waals surface area contributed by atoms with Gasteiger partial charge >= 0.3 is 0 Å². The number of nitrogens with one attached hydrogen (secondary N) is 1. The molecular formula is C15H10BrCl2N3O4. The fraction of sp³-hybridized carbons (Fsp3) is 0.0667. The Morgan fingerprint density at radius 2 is 2.08 bits per heavy atom. The molecule has 1 amide bonds. The van der Waals surface area contributed by atoms with Gasteiger partial charge in [-0.05, 0) is 34.1 Å². The number of nitro groups is 1. The number of nitro benzene ring substituents is 1. The van der Waals surface area contributed by atoms with Crippen LogP contribution in [0.5, 0.6) is 5.75 Å². The Morgan fingerprint density at radius 3 is 2.80 bits per heavy atom. The van der Waals surface area contributed by atoms with Crippen LogP contribution in [0, 0.1) is 10.1 Å². The molecule has 0 heterocycles. The lowest BCUT2D eigenvalue weighted by molar-refractivity contribution is -0.385. The van der Waals surface area contributed by atoms with Gasteiger partial charge in [-0.25, -0.2) is 5.43 Å². The molecule has 0 aliphatic carbocycles. The van der Waals surface area contributed by atoms with Crippen molar-refractivity contribution in [3.8, 4) is 5.75 Å². The fourth-order valence-electron chi connectivity index (χ4n) is 1.69. The first-order valence-electron chi connectivity index (χ1n) is 6.70. The number of hydrazone groups is 1. The summed E-state index contributed by atoms with van der Waals surface area (Å²) in [5, 5.41) is 15.3. The molecule has 2 aromatic rings. The predicted molar refractivity (Wildman–Crippen MR) is 98.5 cm³/mol. The molecule has 10 heteroatoms. The zero-order valence-electron chi connectivity index (χ0n) is 12.4. The van der Waals surface area contributed by atoms with E-state index in [9.17, 15) is 14.9 Å². The highest BCUT2D eigenvalue weighted by Crippen LogP contribution is 2.27. The molecule has 0 radical (unpaired) electrons. The molecule has 2 rings (SSSR count). The Labute approximate surface area is 160 Å². The Bertz CT molecular complexity index is 846. The Hall–Kier alpha value is -2.16. The SMILES string of the molecule is O=C(COc1cc(Cl)ccc1Cl)N/N=C/c1ccc(Br)c([N+](=O)[O-])c1. The van der Waals surface area contributed by atoms with E-state index in [1.807, 2.05) is 0 Å². The number of rotatable bonds is 6. The molecule has 0 spiro atoms. The quantitative estimate of drug-likeness (QED) is 0.408. The van der Waals surface area contributed by atoms with Crippen LogP contribution in [-0.4, -0.2) is 23.7 Å². The summed E-state index contributed by atoms with van der Waals surface area (Å²) < 4.78 is 5.60. The summed E-state index contributed by atoms with van der Waals surface area (Å²) in [4.78, 5) is 22.0. The van der Waals surface area contributed by atoms with E-state index in [4.69, 9.17) is 27.9 Å². The van der Waals surface area contributed by atoms with Crippen molar-refractivity contribution in [3.63, 3.8) is 0 Å². The molecule has 0 saturated heterocycles. The van der Waals surface area contributed by atoms with Crippen LogP contribution in [-0.2, 0) is 4.79 Å². The molecule has 2 aromatic carbocycles. The van der Waals surface area contributed by atoms with Crippen LogP contribution < -0.4 is 10.2 Å². The van der Waals surface area contributed by atoms with Crippen molar-refractivity contribution in [1.29, 1.82) is 0 Å². The highest BCUT2D eigenvalue weighted by molar-refractivity contribution is 9.10. The minimum absolute atomic E-state index is 0.103. The standard InChI is InChI=1S/C15H10BrCl2N3O4/c16-11-3-1-9(5-13(11)21(23)24)7-19-20-15(22)8-25-14-6-10(17)2-4-12(14)18/h1-7H,8H2,(H,20,22)/b19-7+. The number of hydrogen-bond donors (Lipinski definition) is 1. The summed E-state index contributed by atoms with van der Waals surface area (Å²) in [5.74, 6) is -0.254. The predicted octanol–water partition coefficient (Wildman–Crippen LogP) is 4.19. The van der Waals surface area contributed by atoms with Crippen molar-refractivity contribution in [1.82, 2.24) is 5.43 Å². The van der Waals surface area contributed by atoms with Gasteiger partial charge in [0.1, 0.15) is 5.75 Å². The minimum Gasteiger partial charge on any atom is -0.482 e. The highest BCUT2D eigenvalue weighted by atomic mass is 79.9. The average Bonchev–Trinajstić information content (AvgIpc) is 2.57. The Kier molecular flexibility index (Phi) is 6.74. The number of benzene rings is 2.